The standard InChI is InChI=1S/C10H13N/c1-8-6-10(8,2)9-4-3-5-11-7-9/h3-5,7-8H,6H2,1-2H3. The summed E-state index contributed by atoms with van der Waals surface area (Å²) in [5.41, 5.74) is 1.83. The minimum absolute atomic E-state index is 0.439. The molecule has 1 fully saturated rings. The second kappa shape index (κ2) is 2.07. The SMILES string of the molecule is CC1CC1(C)c1cccnc1. The Morgan fingerprint density at radius 1 is 1.64 bits per heavy atom. The van der Waals surface area contributed by atoms with Gasteiger partial charge in [0, 0.05) is 12.4 Å². The zero-order valence-electron chi connectivity index (χ0n) is 7.04. The number of hydrogen-bond acceptors (Lipinski definition) is 1. The van der Waals surface area contributed by atoms with Gasteiger partial charge in [-0.05, 0) is 29.4 Å². The van der Waals surface area contributed by atoms with Crippen LogP contribution in [0.3, 0.4) is 0 Å². The number of rotatable bonds is 1. The van der Waals surface area contributed by atoms with Crippen LogP contribution >= 0.6 is 0 Å². The van der Waals surface area contributed by atoms with Crippen molar-refractivity contribution in [3.8, 4) is 0 Å². The van der Waals surface area contributed by atoms with E-state index in [4.69, 9.17) is 0 Å². The van der Waals surface area contributed by atoms with E-state index < -0.39 is 0 Å². The molecule has 1 aliphatic carbocycles. The Morgan fingerprint density at radius 3 is 2.82 bits per heavy atom. The van der Waals surface area contributed by atoms with Gasteiger partial charge in [0.05, 0.1) is 0 Å². The summed E-state index contributed by atoms with van der Waals surface area (Å²) in [4.78, 5) is 4.13. The van der Waals surface area contributed by atoms with Gasteiger partial charge in [-0.25, -0.2) is 0 Å². The normalized spacial score (nSPS) is 35.3. The Bertz CT molecular complexity index is 255. The van der Waals surface area contributed by atoms with Gasteiger partial charge >= 0.3 is 0 Å². The van der Waals surface area contributed by atoms with Gasteiger partial charge in [-0.2, -0.15) is 0 Å². The van der Waals surface area contributed by atoms with E-state index in [9.17, 15) is 0 Å². The van der Waals surface area contributed by atoms with E-state index >= 15 is 0 Å². The van der Waals surface area contributed by atoms with Gasteiger partial charge in [0.15, 0.2) is 0 Å². The maximum absolute atomic E-state index is 4.13. The molecular formula is C10H13N. The number of nitrogens with zero attached hydrogens (tertiary/aromatic N) is 1. The van der Waals surface area contributed by atoms with Crippen LogP contribution in [0.4, 0.5) is 0 Å². The summed E-state index contributed by atoms with van der Waals surface area (Å²) in [6.45, 7) is 4.61. The van der Waals surface area contributed by atoms with Crippen LogP contribution in [0.1, 0.15) is 25.8 Å². The second-order valence-corrected chi connectivity index (χ2v) is 3.76. The summed E-state index contributed by atoms with van der Waals surface area (Å²) in [5.74, 6) is 0.840. The molecule has 0 aromatic carbocycles. The van der Waals surface area contributed by atoms with Crippen LogP contribution < -0.4 is 0 Å². The molecule has 1 nitrogen and oxygen atoms in total. The molecule has 1 aliphatic rings. The molecular weight excluding hydrogens is 134 g/mol. The van der Waals surface area contributed by atoms with Gasteiger partial charge in [0.1, 0.15) is 0 Å². The predicted molar refractivity (Wildman–Crippen MR) is 45.4 cm³/mol. The first-order valence-electron chi connectivity index (χ1n) is 4.14. The minimum Gasteiger partial charge on any atom is -0.264 e. The Hall–Kier alpha value is -0.850. The molecule has 1 aromatic heterocycles. The quantitative estimate of drug-likeness (QED) is 0.594. The first-order chi connectivity index (χ1) is 5.23. The van der Waals surface area contributed by atoms with Gasteiger partial charge in [-0.15, -0.1) is 0 Å². The topological polar surface area (TPSA) is 12.9 Å². The van der Waals surface area contributed by atoms with Crippen molar-refractivity contribution >= 4 is 0 Å². The van der Waals surface area contributed by atoms with Crippen LogP contribution in [0, 0.1) is 5.92 Å². The summed E-state index contributed by atoms with van der Waals surface area (Å²) in [5, 5.41) is 0. The summed E-state index contributed by atoms with van der Waals surface area (Å²) in [6.07, 6.45) is 5.14. The van der Waals surface area contributed by atoms with Gasteiger partial charge in [0.2, 0.25) is 0 Å². The molecule has 0 N–H and O–H groups in total. The molecule has 58 valence electrons. The van der Waals surface area contributed by atoms with E-state index in [-0.39, 0.29) is 0 Å². The Labute approximate surface area is 67.5 Å². The van der Waals surface area contributed by atoms with E-state index in [0.717, 1.165) is 5.92 Å². The Balaban J connectivity index is 2.32. The molecule has 0 aliphatic heterocycles. The molecule has 0 spiro atoms. The fraction of sp³-hybridized carbons (Fsp3) is 0.500. The van der Waals surface area contributed by atoms with E-state index in [1.807, 2.05) is 18.5 Å². The highest BCUT2D eigenvalue weighted by Crippen LogP contribution is 2.53. The molecule has 0 amide bonds. The molecule has 1 aromatic rings. The summed E-state index contributed by atoms with van der Waals surface area (Å²) < 4.78 is 0. The zero-order chi connectivity index (χ0) is 7.90. The van der Waals surface area contributed by atoms with Crippen LogP contribution in [0.5, 0.6) is 0 Å². The van der Waals surface area contributed by atoms with Crippen LogP contribution in [-0.2, 0) is 5.41 Å². The molecule has 0 saturated heterocycles. The molecule has 1 saturated carbocycles. The summed E-state index contributed by atoms with van der Waals surface area (Å²) >= 11 is 0. The van der Waals surface area contributed by atoms with Crippen molar-refractivity contribution in [3.63, 3.8) is 0 Å². The first kappa shape index (κ1) is 6.84. The molecule has 1 heteroatoms. The molecule has 2 rings (SSSR count). The average molecular weight is 147 g/mol. The van der Waals surface area contributed by atoms with Crippen molar-refractivity contribution < 1.29 is 0 Å². The van der Waals surface area contributed by atoms with E-state index in [1.165, 1.54) is 12.0 Å². The summed E-state index contributed by atoms with van der Waals surface area (Å²) in [6, 6.07) is 4.20. The van der Waals surface area contributed by atoms with Crippen LogP contribution in [0.25, 0.3) is 0 Å². The van der Waals surface area contributed by atoms with Crippen LogP contribution in [-0.4, -0.2) is 4.98 Å². The van der Waals surface area contributed by atoms with Crippen molar-refractivity contribution in [1.82, 2.24) is 4.98 Å². The van der Waals surface area contributed by atoms with E-state index in [2.05, 4.69) is 24.9 Å². The lowest BCUT2D eigenvalue weighted by atomic mass is 9.98. The Kier molecular flexibility index (Phi) is 1.28. The molecule has 0 radical (unpaired) electrons. The smallest absolute Gasteiger partial charge is 0.0305 e. The molecule has 2 unspecified atom stereocenters. The number of aromatic nitrogens is 1. The van der Waals surface area contributed by atoms with Gasteiger partial charge in [0.25, 0.3) is 0 Å². The first-order valence-corrected chi connectivity index (χ1v) is 4.14. The van der Waals surface area contributed by atoms with Crippen LogP contribution in [0.2, 0.25) is 0 Å². The van der Waals surface area contributed by atoms with E-state index in [1.54, 1.807) is 0 Å². The van der Waals surface area contributed by atoms with Gasteiger partial charge in [-0.1, -0.05) is 19.9 Å². The zero-order valence-corrected chi connectivity index (χ0v) is 7.04. The molecule has 1 heterocycles. The van der Waals surface area contributed by atoms with Crippen LogP contribution in [0.15, 0.2) is 24.5 Å². The lowest BCUT2D eigenvalue weighted by molar-refractivity contribution is 0.698. The largest absolute Gasteiger partial charge is 0.264 e. The maximum Gasteiger partial charge on any atom is 0.0305 e. The fourth-order valence-electron chi connectivity index (χ4n) is 1.68. The fourth-order valence-corrected chi connectivity index (χ4v) is 1.68. The Morgan fingerprint density at radius 2 is 2.36 bits per heavy atom. The van der Waals surface area contributed by atoms with Crippen molar-refractivity contribution in [2.75, 3.05) is 0 Å². The van der Waals surface area contributed by atoms with Gasteiger partial charge in [-0.3, -0.25) is 4.98 Å². The molecule has 11 heavy (non-hydrogen) atoms. The summed E-state index contributed by atoms with van der Waals surface area (Å²) in [7, 11) is 0. The van der Waals surface area contributed by atoms with Crippen molar-refractivity contribution in [2.24, 2.45) is 5.92 Å². The number of hydrogen-bond donors (Lipinski definition) is 0. The highest BCUT2D eigenvalue weighted by molar-refractivity contribution is 5.28. The second-order valence-electron chi connectivity index (χ2n) is 3.76. The third-order valence-electron chi connectivity index (χ3n) is 2.98. The maximum atomic E-state index is 4.13. The van der Waals surface area contributed by atoms with Crippen molar-refractivity contribution in [1.29, 1.82) is 0 Å². The third kappa shape index (κ3) is 0.953. The van der Waals surface area contributed by atoms with Gasteiger partial charge < -0.3 is 0 Å². The van der Waals surface area contributed by atoms with E-state index in [0.29, 0.717) is 5.41 Å². The lowest BCUT2D eigenvalue weighted by Crippen LogP contribution is -2.02. The highest BCUT2D eigenvalue weighted by atomic mass is 14.6. The average Bonchev–Trinajstić information content (AvgIpc) is 2.64. The highest BCUT2D eigenvalue weighted by Gasteiger charge is 2.47. The van der Waals surface area contributed by atoms with Crippen molar-refractivity contribution in [2.45, 2.75) is 25.7 Å². The predicted octanol–water partition coefficient (Wildman–Crippen LogP) is 2.38. The number of pyridine rings is 1. The third-order valence-corrected chi connectivity index (χ3v) is 2.98. The lowest BCUT2D eigenvalue weighted by Gasteiger charge is -2.07. The monoisotopic (exact) mass is 147 g/mol. The minimum atomic E-state index is 0.439. The van der Waals surface area contributed by atoms with Crippen molar-refractivity contribution in [3.05, 3.63) is 30.1 Å². The molecule has 0 bridgehead atoms. The molecule has 2 atom stereocenters.